The fourth-order valence-electron chi connectivity index (χ4n) is 6.09. The lowest BCUT2D eigenvalue weighted by atomic mass is 9.97. The second-order valence-corrected chi connectivity index (χ2v) is 10.7. The molecule has 0 amide bonds. The van der Waals surface area contributed by atoms with E-state index in [1.165, 1.54) is 5.39 Å². The van der Waals surface area contributed by atoms with E-state index in [1.54, 1.807) is 0 Å². The van der Waals surface area contributed by atoms with E-state index < -0.39 is 0 Å². The fourth-order valence-corrected chi connectivity index (χ4v) is 6.09. The number of benzene rings is 6. The number of hydrogen-bond acceptors (Lipinski definition) is 5. The van der Waals surface area contributed by atoms with Gasteiger partial charge in [0.05, 0.1) is 11.1 Å². The van der Waals surface area contributed by atoms with Crippen LogP contribution in [0.1, 0.15) is 0 Å². The maximum atomic E-state index is 6.40. The Labute approximate surface area is 246 Å². The van der Waals surface area contributed by atoms with Gasteiger partial charge < -0.3 is 4.42 Å². The van der Waals surface area contributed by atoms with Gasteiger partial charge in [-0.15, -0.1) is 0 Å². The summed E-state index contributed by atoms with van der Waals surface area (Å²) in [7, 11) is 0. The van der Waals surface area contributed by atoms with Crippen molar-refractivity contribution >= 4 is 54.4 Å². The molecule has 9 aromatic rings. The molecule has 5 heteroatoms. The highest BCUT2D eigenvalue weighted by atomic mass is 16.3. The van der Waals surface area contributed by atoms with Crippen molar-refractivity contribution in [1.82, 2.24) is 19.9 Å². The molecule has 0 atom stereocenters. The van der Waals surface area contributed by atoms with Crippen molar-refractivity contribution in [3.8, 4) is 34.3 Å². The highest BCUT2D eigenvalue weighted by Gasteiger charge is 2.19. The molecular weight excluding hydrogens is 528 g/mol. The van der Waals surface area contributed by atoms with E-state index in [9.17, 15) is 0 Å². The van der Waals surface area contributed by atoms with Crippen LogP contribution in [-0.2, 0) is 0 Å². The standard InChI is InChI=1S/C38H22N4O/c1-3-12-26-23(9-1)19-20-25-11-7-15-29(34(25)26)36-40-37(30-16-8-14-28-27-13-4-6-18-33(27)43-35(28)30)42-38(41-36)32-22-21-24-10-2-5-17-31(24)39-32/h1-22H. The summed E-state index contributed by atoms with van der Waals surface area (Å²) < 4.78 is 6.40. The average Bonchev–Trinajstić information content (AvgIpc) is 3.46. The molecule has 6 aromatic carbocycles. The summed E-state index contributed by atoms with van der Waals surface area (Å²) in [6.45, 7) is 0. The van der Waals surface area contributed by atoms with Crippen LogP contribution in [0, 0.1) is 0 Å². The molecule has 0 fully saturated rings. The Balaban J connectivity index is 1.36. The number of aromatic nitrogens is 4. The second kappa shape index (κ2) is 9.29. The number of para-hydroxylation sites is 3. The van der Waals surface area contributed by atoms with Gasteiger partial charge in [0.1, 0.15) is 16.9 Å². The highest BCUT2D eigenvalue weighted by Crippen LogP contribution is 2.37. The minimum Gasteiger partial charge on any atom is -0.455 e. The van der Waals surface area contributed by atoms with Gasteiger partial charge in [-0.1, -0.05) is 109 Å². The smallest absolute Gasteiger partial charge is 0.182 e. The van der Waals surface area contributed by atoms with Crippen molar-refractivity contribution in [2.24, 2.45) is 0 Å². The molecule has 0 saturated carbocycles. The van der Waals surface area contributed by atoms with E-state index in [4.69, 9.17) is 24.4 Å². The molecule has 3 heterocycles. The van der Waals surface area contributed by atoms with Crippen LogP contribution in [0.3, 0.4) is 0 Å². The summed E-state index contributed by atoms with van der Waals surface area (Å²) in [4.78, 5) is 20.2. The molecule has 0 unspecified atom stereocenters. The number of fused-ring (bicyclic) bond motifs is 7. The van der Waals surface area contributed by atoms with E-state index in [2.05, 4.69) is 78.9 Å². The normalized spacial score (nSPS) is 11.7. The summed E-state index contributed by atoms with van der Waals surface area (Å²) in [6.07, 6.45) is 0. The summed E-state index contributed by atoms with van der Waals surface area (Å²) >= 11 is 0. The zero-order valence-corrected chi connectivity index (χ0v) is 22.9. The molecule has 0 aliphatic rings. The molecule has 0 radical (unpaired) electrons. The monoisotopic (exact) mass is 550 g/mol. The number of pyridine rings is 1. The minimum absolute atomic E-state index is 0.510. The van der Waals surface area contributed by atoms with Gasteiger partial charge in [-0.25, -0.2) is 19.9 Å². The molecule has 5 nitrogen and oxygen atoms in total. The van der Waals surface area contributed by atoms with Crippen molar-refractivity contribution in [2.45, 2.75) is 0 Å². The Morgan fingerprint density at radius 3 is 1.95 bits per heavy atom. The molecule has 0 bridgehead atoms. The molecule has 0 N–H and O–H groups in total. The molecule has 43 heavy (non-hydrogen) atoms. The van der Waals surface area contributed by atoms with Gasteiger partial charge in [0, 0.05) is 27.1 Å². The lowest BCUT2D eigenvalue weighted by Gasteiger charge is -2.12. The van der Waals surface area contributed by atoms with Crippen LogP contribution < -0.4 is 0 Å². The molecular formula is C38H22N4O. The quantitative estimate of drug-likeness (QED) is 0.205. The maximum Gasteiger partial charge on any atom is 0.182 e. The molecule has 200 valence electrons. The number of furan rings is 1. The van der Waals surface area contributed by atoms with Crippen LogP contribution in [0.15, 0.2) is 138 Å². The fraction of sp³-hybridized carbons (Fsp3) is 0. The van der Waals surface area contributed by atoms with Crippen molar-refractivity contribution in [3.63, 3.8) is 0 Å². The van der Waals surface area contributed by atoms with E-state index in [0.29, 0.717) is 23.2 Å². The largest absolute Gasteiger partial charge is 0.455 e. The van der Waals surface area contributed by atoms with Crippen LogP contribution in [-0.4, -0.2) is 19.9 Å². The van der Waals surface area contributed by atoms with E-state index in [1.807, 2.05) is 54.6 Å². The predicted octanol–water partition coefficient (Wildman–Crippen LogP) is 9.63. The van der Waals surface area contributed by atoms with Gasteiger partial charge >= 0.3 is 0 Å². The molecule has 0 spiro atoms. The van der Waals surface area contributed by atoms with Crippen LogP contribution in [0.5, 0.6) is 0 Å². The first-order valence-electron chi connectivity index (χ1n) is 14.2. The first kappa shape index (κ1) is 23.7. The minimum atomic E-state index is 0.510. The molecule has 0 saturated heterocycles. The van der Waals surface area contributed by atoms with Crippen molar-refractivity contribution in [2.75, 3.05) is 0 Å². The first-order valence-corrected chi connectivity index (χ1v) is 14.2. The topological polar surface area (TPSA) is 64.7 Å². The SMILES string of the molecule is c1ccc2nc(-c3nc(-c4cccc5c4oc4ccccc45)nc(-c4cccc5ccc6ccccc6c45)n3)ccc2c1. The van der Waals surface area contributed by atoms with Crippen molar-refractivity contribution in [3.05, 3.63) is 133 Å². The van der Waals surface area contributed by atoms with E-state index in [-0.39, 0.29) is 0 Å². The summed E-state index contributed by atoms with van der Waals surface area (Å²) in [5.41, 5.74) is 4.91. The van der Waals surface area contributed by atoms with Crippen molar-refractivity contribution in [1.29, 1.82) is 0 Å². The van der Waals surface area contributed by atoms with Gasteiger partial charge in [-0.05, 0) is 40.4 Å². The maximum absolute atomic E-state index is 6.40. The van der Waals surface area contributed by atoms with E-state index in [0.717, 1.165) is 60.1 Å². The Kier molecular flexibility index (Phi) is 5.13. The Bertz CT molecular complexity index is 2530. The van der Waals surface area contributed by atoms with Gasteiger partial charge in [-0.2, -0.15) is 0 Å². The van der Waals surface area contributed by atoms with Gasteiger partial charge in [0.15, 0.2) is 17.5 Å². The number of nitrogens with zero attached hydrogens (tertiary/aromatic N) is 4. The number of hydrogen-bond donors (Lipinski definition) is 0. The van der Waals surface area contributed by atoms with Gasteiger partial charge in [0.25, 0.3) is 0 Å². The second-order valence-electron chi connectivity index (χ2n) is 10.7. The summed E-state index contributed by atoms with van der Waals surface area (Å²) in [5, 5.41) is 7.71. The van der Waals surface area contributed by atoms with Crippen LogP contribution in [0.25, 0.3) is 88.7 Å². The molecule has 0 aliphatic heterocycles. The first-order chi connectivity index (χ1) is 21.3. The van der Waals surface area contributed by atoms with Gasteiger partial charge in [-0.3, -0.25) is 0 Å². The third kappa shape index (κ3) is 3.79. The molecule has 3 aromatic heterocycles. The molecule has 0 aliphatic carbocycles. The van der Waals surface area contributed by atoms with Crippen LogP contribution in [0.2, 0.25) is 0 Å². The zero-order valence-electron chi connectivity index (χ0n) is 22.9. The lowest BCUT2D eigenvalue weighted by molar-refractivity contribution is 0.669. The van der Waals surface area contributed by atoms with Gasteiger partial charge in [0.2, 0.25) is 0 Å². The Hall–Kier alpha value is -5.94. The Morgan fingerprint density at radius 1 is 0.395 bits per heavy atom. The average molecular weight is 551 g/mol. The molecule has 9 rings (SSSR count). The third-order valence-electron chi connectivity index (χ3n) is 8.12. The number of rotatable bonds is 3. The summed E-state index contributed by atoms with van der Waals surface area (Å²) in [5.74, 6) is 1.64. The highest BCUT2D eigenvalue weighted by molar-refractivity contribution is 6.14. The summed E-state index contributed by atoms with van der Waals surface area (Å²) in [6, 6.07) is 45.3. The van der Waals surface area contributed by atoms with Crippen LogP contribution in [0.4, 0.5) is 0 Å². The third-order valence-corrected chi connectivity index (χ3v) is 8.12. The predicted molar refractivity (Wildman–Crippen MR) is 174 cm³/mol. The Morgan fingerprint density at radius 2 is 1.02 bits per heavy atom. The van der Waals surface area contributed by atoms with E-state index >= 15 is 0 Å². The lowest BCUT2D eigenvalue weighted by Crippen LogP contribution is -2.02. The van der Waals surface area contributed by atoms with Crippen LogP contribution >= 0.6 is 0 Å². The van der Waals surface area contributed by atoms with Crippen molar-refractivity contribution < 1.29 is 4.42 Å². The zero-order chi connectivity index (χ0) is 28.3.